The normalized spacial score (nSPS) is 16.6. The molecule has 5 heteroatoms. The number of nitrogens with zero attached hydrogens (tertiary/aromatic N) is 2. The standard InChI is InChI=1S/C15H23N3OS/c1-20-15-13(7-6-8-17-15)14(19)16-9-12-18-10-4-2-3-5-11-18/h6-8H,2-5,9-12H2,1H3,(H,16,19). The van der Waals surface area contributed by atoms with E-state index in [9.17, 15) is 4.79 Å². The molecule has 1 amide bonds. The molecule has 1 aromatic heterocycles. The van der Waals surface area contributed by atoms with Gasteiger partial charge in [0.05, 0.1) is 5.56 Å². The van der Waals surface area contributed by atoms with Crippen molar-refractivity contribution in [1.29, 1.82) is 0 Å². The van der Waals surface area contributed by atoms with Gasteiger partial charge in [-0.05, 0) is 44.3 Å². The first-order valence-electron chi connectivity index (χ1n) is 7.31. The molecule has 1 aromatic rings. The smallest absolute Gasteiger partial charge is 0.254 e. The number of amides is 1. The maximum Gasteiger partial charge on any atom is 0.254 e. The molecular formula is C15H23N3OS. The van der Waals surface area contributed by atoms with Crippen LogP contribution in [0.15, 0.2) is 23.4 Å². The molecule has 4 nitrogen and oxygen atoms in total. The van der Waals surface area contributed by atoms with Crippen LogP contribution in [0.2, 0.25) is 0 Å². The molecule has 0 spiro atoms. The molecule has 0 aliphatic carbocycles. The predicted octanol–water partition coefficient (Wildman–Crippen LogP) is 2.41. The minimum absolute atomic E-state index is 0.0164. The Morgan fingerprint density at radius 2 is 2.10 bits per heavy atom. The Labute approximate surface area is 125 Å². The van der Waals surface area contributed by atoms with Crippen molar-refractivity contribution in [3.05, 3.63) is 23.9 Å². The van der Waals surface area contributed by atoms with Crippen LogP contribution in [0.5, 0.6) is 0 Å². The Hall–Kier alpha value is -1.07. The van der Waals surface area contributed by atoms with Crippen LogP contribution < -0.4 is 5.32 Å². The third kappa shape index (κ3) is 4.49. The van der Waals surface area contributed by atoms with Gasteiger partial charge < -0.3 is 10.2 Å². The number of pyridine rings is 1. The highest BCUT2D eigenvalue weighted by Crippen LogP contribution is 2.16. The van der Waals surface area contributed by atoms with E-state index in [1.807, 2.05) is 18.4 Å². The van der Waals surface area contributed by atoms with Gasteiger partial charge >= 0.3 is 0 Å². The second-order valence-corrected chi connectivity index (χ2v) is 5.87. The number of thioether (sulfide) groups is 1. The summed E-state index contributed by atoms with van der Waals surface area (Å²) in [6, 6.07) is 3.64. The Balaban J connectivity index is 1.79. The van der Waals surface area contributed by atoms with E-state index in [1.165, 1.54) is 50.5 Å². The summed E-state index contributed by atoms with van der Waals surface area (Å²) in [6.45, 7) is 3.99. The molecule has 1 saturated heterocycles. The topological polar surface area (TPSA) is 45.2 Å². The second kappa shape index (κ2) is 8.27. The van der Waals surface area contributed by atoms with Gasteiger partial charge in [0.25, 0.3) is 5.91 Å². The third-order valence-corrected chi connectivity index (χ3v) is 4.33. The molecule has 2 rings (SSSR count). The Morgan fingerprint density at radius 3 is 2.80 bits per heavy atom. The monoisotopic (exact) mass is 293 g/mol. The fraction of sp³-hybridized carbons (Fsp3) is 0.600. The second-order valence-electron chi connectivity index (χ2n) is 5.07. The van der Waals surface area contributed by atoms with E-state index in [0.717, 1.165) is 11.6 Å². The van der Waals surface area contributed by atoms with Crippen molar-refractivity contribution >= 4 is 17.7 Å². The van der Waals surface area contributed by atoms with Crippen LogP contribution in [0.3, 0.4) is 0 Å². The van der Waals surface area contributed by atoms with Crippen LogP contribution in [-0.4, -0.2) is 48.2 Å². The van der Waals surface area contributed by atoms with Gasteiger partial charge in [0, 0.05) is 19.3 Å². The van der Waals surface area contributed by atoms with Crippen molar-refractivity contribution in [3.63, 3.8) is 0 Å². The number of hydrogen-bond donors (Lipinski definition) is 1. The van der Waals surface area contributed by atoms with Crippen molar-refractivity contribution in [2.45, 2.75) is 30.7 Å². The summed E-state index contributed by atoms with van der Waals surface area (Å²) < 4.78 is 0. The molecule has 0 atom stereocenters. The zero-order valence-electron chi connectivity index (χ0n) is 12.1. The average molecular weight is 293 g/mol. The van der Waals surface area contributed by atoms with E-state index in [1.54, 1.807) is 6.20 Å². The number of hydrogen-bond acceptors (Lipinski definition) is 4. The first-order chi connectivity index (χ1) is 9.81. The van der Waals surface area contributed by atoms with Gasteiger partial charge in [0.1, 0.15) is 5.03 Å². The van der Waals surface area contributed by atoms with Gasteiger partial charge in [-0.25, -0.2) is 4.98 Å². The van der Waals surface area contributed by atoms with Crippen LogP contribution in [0.4, 0.5) is 0 Å². The molecule has 20 heavy (non-hydrogen) atoms. The lowest BCUT2D eigenvalue weighted by Gasteiger charge is -2.19. The summed E-state index contributed by atoms with van der Waals surface area (Å²) in [5, 5.41) is 3.80. The van der Waals surface area contributed by atoms with Crippen molar-refractivity contribution in [1.82, 2.24) is 15.2 Å². The van der Waals surface area contributed by atoms with Crippen molar-refractivity contribution in [3.8, 4) is 0 Å². The summed E-state index contributed by atoms with van der Waals surface area (Å²) in [5.41, 5.74) is 0.677. The quantitative estimate of drug-likeness (QED) is 0.847. The summed E-state index contributed by atoms with van der Waals surface area (Å²) >= 11 is 1.51. The van der Waals surface area contributed by atoms with Gasteiger partial charge in [0.2, 0.25) is 0 Å². The third-order valence-electron chi connectivity index (χ3n) is 3.62. The lowest BCUT2D eigenvalue weighted by Crippen LogP contribution is -2.35. The predicted molar refractivity (Wildman–Crippen MR) is 83.3 cm³/mol. The van der Waals surface area contributed by atoms with E-state index < -0.39 is 0 Å². The SMILES string of the molecule is CSc1ncccc1C(=O)NCCN1CCCCCC1. The number of carbonyl (C=O) groups is 1. The van der Waals surface area contributed by atoms with E-state index in [2.05, 4.69) is 15.2 Å². The fourth-order valence-corrected chi connectivity index (χ4v) is 3.06. The highest BCUT2D eigenvalue weighted by molar-refractivity contribution is 7.98. The van der Waals surface area contributed by atoms with Crippen molar-refractivity contribution in [2.24, 2.45) is 0 Å². The minimum atomic E-state index is -0.0164. The molecule has 0 saturated carbocycles. The summed E-state index contributed by atoms with van der Waals surface area (Å²) in [6.07, 6.45) is 8.92. The maximum absolute atomic E-state index is 12.2. The zero-order valence-corrected chi connectivity index (χ0v) is 12.9. The summed E-state index contributed by atoms with van der Waals surface area (Å²) in [5.74, 6) is -0.0164. The van der Waals surface area contributed by atoms with Gasteiger partial charge in [-0.15, -0.1) is 11.8 Å². The van der Waals surface area contributed by atoms with Crippen molar-refractivity contribution in [2.75, 3.05) is 32.4 Å². The Morgan fingerprint density at radius 1 is 1.35 bits per heavy atom. The molecule has 1 fully saturated rings. The van der Waals surface area contributed by atoms with Gasteiger partial charge in [-0.3, -0.25) is 4.79 Å². The molecule has 0 unspecified atom stereocenters. The minimum Gasteiger partial charge on any atom is -0.351 e. The van der Waals surface area contributed by atoms with Gasteiger partial charge in [-0.2, -0.15) is 0 Å². The Bertz CT molecular complexity index is 431. The molecule has 0 radical (unpaired) electrons. The average Bonchev–Trinajstić information content (AvgIpc) is 2.76. The Kier molecular flexibility index (Phi) is 6.33. The lowest BCUT2D eigenvalue weighted by atomic mass is 10.2. The molecular weight excluding hydrogens is 270 g/mol. The van der Waals surface area contributed by atoms with Crippen LogP contribution >= 0.6 is 11.8 Å². The number of aromatic nitrogens is 1. The molecule has 1 aliphatic heterocycles. The lowest BCUT2D eigenvalue weighted by molar-refractivity contribution is 0.0945. The first kappa shape index (κ1) is 15.3. The largest absolute Gasteiger partial charge is 0.351 e. The number of rotatable bonds is 5. The summed E-state index contributed by atoms with van der Waals surface area (Å²) in [7, 11) is 0. The van der Waals surface area contributed by atoms with Crippen LogP contribution in [0.1, 0.15) is 36.0 Å². The maximum atomic E-state index is 12.2. The molecule has 1 aliphatic rings. The van der Waals surface area contributed by atoms with E-state index in [4.69, 9.17) is 0 Å². The molecule has 0 aromatic carbocycles. The van der Waals surface area contributed by atoms with E-state index >= 15 is 0 Å². The molecule has 2 heterocycles. The highest BCUT2D eigenvalue weighted by Gasteiger charge is 2.12. The number of likely N-dealkylation sites (tertiary alicyclic amines) is 1. The number of nitrogens with one attached hydrogen (secondary N) is 1. The summed E-state index contributed by atoms with van der Waals surface area (Å²) in [4.78, 5) is 18.8. The number of carbonyl (C=O) groups excluding carboxylic acids is 1. The van der Waals surface area contributed by atoms with E-state index in [-0.39, 0.29) is 5.91 Å². The molecule has 1 N–H and O–H groups in total. The molecule has 0 bridgehead atoms. The van der Waals surface area contributed by atoms with Gasteiger partial charge in [0.15, 0.2) is 0 Å². The van der Waals surface area contributed by atoms with Crippen molar-refractivity contribution < 1.29 is 4.79 Å². The van der Waals surface area contributed by atoms with Crippen LogP contribution in [0.25, 0.3) is 0 Å². The van der Waals surface area contributed by atoms with E-state index in [0.29, 0.717) is 12.1 Å². The highest BCUT2D eigenvalue weighted by atomic mass is 32.2. The van der Waals surface area contributed by atoms with Crippen LogP contribution in [-0.2, 0) is 0 Å². The van der Waals surface area contributed by atoms with Crippen LogP contribution in [0, 0.1) is 0 Å². The fourth-order valence-electron chi connectivity index (χ4n) is 2.51. The molecule has 110 valence electrons. The zero-order chi connectivity index (χ0) is 14.2. The first-order valence-corrected chi connectivity index (χ1v) is 8.53. The van der Waals surface area contributed by atoms with Gasteiger partial charge in [-0.1, -0.05) is 12.8 Å².